The first-order valence-electron chi connectivity index (χ1n) is 6.28. The number of hydrogen-bond acceptors (Lipinski definition) is 10. The summed E-state index contributed by atoms with van der Waals surface area (Å²) in [7, 11) is 0. The maximum Gasteiger partial charge on any atom is 0.234 e. The number of aromatic hydroxyl groups is 3. The number of carbonyl (C=O) groups is 2. The van der Waals surface area contributed by atoms with Gasteiger partial charge < -0.3 is 40.9 Å². The molecule has 0 saturated carbocycles. The lowest BCUT2D eigenvalue weighted by atomic mass is 9.95. The van der Waals surface area contributed by atoms with E-state index in [9.17, 15) is 35.1 Å². The van der Waals surface area contributed by atoms with Crippen LogP contribution >= 0.6 is 0 Å². The van der Waals surface area contributed by atoms with Crippen LogP contribution in [-0.4, -0.2) is 83.4 Å². The third-order valence-electron chi connectivity index (χ3n) is 3.08. The van der Waals surface area contributed by atoms with Crippen molar-refractivity contribution < 1.29 is 50.4 Å². The molecular weight excluding hydrogens is 316 g/mol. The van der Waals surface area contributed by atoms with Crippen molar-refractivity contribution in [3.05, 3.63) is 17.7 Å². The van der Waals surface area contributed by atoms with E-state index in [1.807, 2.05) is 0 Å². The molecular formula is C13H16O10. The number of phenols is 3. The summed E-state index contributed by atoms with van der Waals surface area (Å²) in [6.07, 6.45) is -8.66. The minimum Gasteiger partial charge on any atom is -0.504 e. The van der Waals surface area contributed by atoms with Gasteiger partial charge in [-0.2, -0.15) is 0 Å². The molecule has 1 aromatic carbocycles. The molecule has 1 aromatic rings. The van der Waals surface area contributed by atoms with E-state index in [1.165, 1.54) is 0 Å². The van der Waals surface area contributed by atoms with E-state index in [0.29, 0.717) is 12.1 Å². The van der Waals surface area contributed by atoms with E-state index in [2.05, 4.69) is 0 Å². The summed E-state index contributed by atoms with van der Waals surface area (Å²) in [5, 5.41) is 73.9. The number of rotatable bonds is 7. The molecule has 23 heavy (non-hydrogen) atoms. The Kier molecular flexibility index (Phi) is 6.01. The van der Waals surface area contributed by atoms with Gasteiger partial charge in [-0.3, -0.25) is 9.59 Å². The van der Waals surface area contributed by atoms with E-state index in [0.717, 1.165) is 0 Å². The highest BCUT2D eigenvalue weighted by atomic mass is 16.4. The number of hydrogen-bond donors (Lipinski definition) is 8. The number of carbonyl (C=O) groups excluding carboxylic acids is 2. The van der Waals surface area contributed by atoms with Gasteiger partial charge in [-0.05, 0) is 12.1 Å². The normalized spacial score (nSPS) is 16.4. The molecule has 1 rings (SSSR count). The molecule has 8 N–H and O–H groups in total. The second-order valence-electron chi connectivity index (χ2n) is 4.73. The molecule has 0 spiro atoms. The van der Waals surface area contributed by atoms with E-state index in [-0.39, 0.29) is 0 Å². The van der Waals surface area contributed by atoms with Gasteiger partial charge in [0.2, 0.25) is 11.6 Å². The molecule has 4 atom stereocenters. The van der Waals surface area contributed by atoms with Crippen LogP contribution in [0.2, 0.25) is 0 Å². The van der Waals surface area contributed by atoms with E-state index in [4.69, 9.17) is 15.3 Å². The summed E-state index contributed by atoms with van der Waals surface area (Å²) in [6, 6.07) is 1.29. The second-order valence-corrected chi connectivity index (χ2v) is 4.73. The summed E-state index contributed by atoms with van der Waals surface area (Å²) in [5.74, 6) is -5.76. The highest BCUT2D eigenvalue weighted by molar-refractivity contribution is 6.45. The zero-order chi connectivity index (χ0) is 17.9. The monoisotopic (exact) mass is 332 g/mol. The van der Waals surface area contributed by atoms with Gasteiger partial charge in [-0.25, -0.2) is 0 Å². The minimum absolute atomic E-state index is 0.591. The number of aliphatic hydroxyl groups is 5. The number of ketones is 2. The topological polar surface area (TPSA) is 196 Å². The maximum atomic E-state index is 11.9. The van der Waals surface area contributed by atoms with Crippen LogP contribution in [0, 0.1) is 0 Å². The van der Waals surface area contributed by atoms with E-state index >= 15 is 0 Å². The van der Waals surface area contributed by atoms with Crippen molar-refractivity contribution in [2.45, 2.75) is 24.4 Å². The van der Waals surface area contributed by atoms with Crippen LogP contribution in [0.15, 0.2) is 12.1 Å². The molecule has 128 valence electrons. The van der Waals surface area contributed by atoms with Crippen LogP contribution in [0.25, 0.3) is 0 Å². The third kappa shape index (κ3) is 3.94. The average molecular weight is 332 g/mol. The molecule has 0 aliphatic heterocycles. The number of phenolic OH excluding ortho intramolecular Hbond substituents is 3. The molecule has 0 amide bonds. The van der Waals surface area contributed by atoms with Gasteiger partial charge in [0.25, 0.3) is 0 Å². The Morgan fingerprint density at radius 2 is 1.39 bits per heavy atom. The third-order valence-corrected chi connectivity index (χ3v) is 3.08. The molecule has 0 aliphatic rings. The molecule has 0 aliphatic carbocycles. The van der Waals surface area contributed by atoms with Crippen LogP contribution in [-0.2, 0) is 4.79 Å². The van der Waals surface area contributed by atoms with Gasteiger partial charge in [-0.15, -0.1) is 0 Å². The van der Waals surface area contributed by atoms with Crippen LogP contribution in [0.3, 0.4) is 0 Å². The molecule has 0 bridgehead atoms. The molecule has 0 radical (unpaired) electrons. The summed E-state index contributed by atoms with van der Waals surface area (Å²) < 4.78 is 0. The first-order valence-corrected chi connectivity index (χ1v) is 6.28. The summed E-state index contributed by atoms with van der Waals surface area (Å²) in [6.45, 7) is -0.965. The Balaban J connectivity index is 2.98. The number of benzene rings is 1. The fourth-order valence-electron chi connectivity index (χ4n) is 1.69. The average Bonchev–Trinajstić information content (AvgIpc) is 2.54. The van der Waals surface area contributed by atoms with Gasteiger partial charge in [0.15, 0.2) is 17.2 Å². The molecule has 10 nitrogen and oxygen atoms in total. The smallest absolute Gasteiger partial charge is 0.234 e. The highest BCUT2D eigenvalue weighted by Crippen LogP contribution is 2.35. The van der Waals surface area contributed by atoms with Crippen molar-refractivity contribution in [2.24, 2.45) is 0 Å². The standard InChI is InChI=1S/C13H16O10/c14-3-7(17)10(20)12(22)13(23)11(21)8(18)4-1-5(15)9(19)6(16)2-4/h1-2,7,10,12-17,19-20,22-23H,3H2/t7-,10-,12+,13+/m1/s1. The van der Waals surface area contributed by atoms with E-state index < -0.39 is 65.4 Å². The molecule has 0 saturated heterocycles. The van der Waals surface area contributed by atoms with Crippen molar-refractivity contribution >= 4 is 11.6 Å². The highest BCUT2D eigenvalue weighted by Gasteiger charge is 2.37. The molecule has 0 fully saturated rings. The van der Waals surface area contributed by atoms with Crippen molar-refractivity contribution in [3.8, 4) is 17.2 Å². The Bertz CT molecular complexity index is 575. The van der Waals surface area contributed by atoms with Crippen LogP contribution < -0.4 is 0 Å². The Labute approximate surface area is 129 Å². The molecule has 0 aromatic heterocycles. The Morgan fingerprint density at radius 1 is 0.913 bits per heavy atom. The fraction of sp³-hybridized carbons (Fsp3) is 0.385. The number of aliphatic hydroxyl groups excluding tert-OH is 5. The van der Waals surface area contributed by atoms with Gasteiger partial charge in [-0.1, -0.05) is 0 Å². The van der Waals surface area contributed by atoms with E-state index in [1.54, 1.807) is 0 Å². The minimum atomic E-state index is -2.43. The van der Waals surface area contributed by atoms with Crippen molar-refractivity contribution in [3.63, 3.8) is 0 Å². The zero-order valence-corrected chi connectivity index (χ0v) is 11.6. The van der Waals surface area contributed by atoms with Crippen molar-refractivity contribution in [1.82, 2.24) is 0 Å². The van der Waals surface area contributed by atoms with Gasteiger partial charge in [0.05, 0.1) is 6.61 Å². The van der Waals surface area contributed by atoms with Crippen molar-refractivity contribution in [2.75, 3.05) is 6.61 Å². The summed E-state index contributed by atoms with van der Waals surface area (Å²) >= 11 is 0. The summed E-state index contributed by atoms with van der Waals surface area (Å²) in [4.78, 5) is 23.6. The second kappa shape index (κ2) is 7.35. The number of Topliss-reactive ketones (excluding diaryl/α,β-unsaturated/α-hetero) is 2. The zero-order valence-electron chi connectivity index (χ0n) is 11.6. The quantitative estimate of drug-likeness (QED) is 0.145. The molecule has 0 heterocycles. The predicted molar refractivity (Wildman–Crippen MR) is 71.9 cm³/mol. The summed E-state index contributed by atoms with van der Waals surface area (Å²) in [5.41, 5.74) is -0.591. The largest absolute Gasteiger partial charge is 0.504 e. The van der Waals surface area contributed by atoms with Crippen molar-refractivity contribution in [1.29, 1.82) is 0 Å². The maximum absolute atomic E-state index is 11.9. The lowest BCUT2D eigenvalue weighted by molar-refractivity contribution is -0.142. The molecule has 10 heteroatoms. The molecule has 0 unspecified atom stereocenters. The Morgan fingerprint density at radius 3 is 1.83 bits per heavy atom. The van der Waals surface area contributed by atoms with Gasteiger partial charge in [0, 0.05) is 5.56 Å². The van der Waals surface area contributed by atoms with Crippen LogP contribution in [0.4, 0.5) is 0 Å². The lowest BCUT2D eigenvalue weighted by Crippen LogP contribution is -2.50. The predicted octanol–water partition coefficient (Wildman–Crippen LogP) is -3.01. The van der Waals surface area contributed by atoms with Crippen LogP contribution in [0.1, 0.15) is 10.4 Å². The van der Waals surface area contributed by atoms with Gasteiger partial charge >= 0.3 is 0 Å². The first kappa shape index (κ1) is 18.8. The Hall–Kier alpha value is -2.24. The first-order chi connectivity index (χ1) is 10.6. The lowest BCUT2D eigenvalue weighted by Gasteiger charge is -2.24. The van der Waals surface area contributed by atoms with Gasteiger partial charge in [0.1, 0.15) is 24.4 Å². The fourth-order valence-corrected chi connectivity index (χ4v) is 1.69. The van der Waals surface area contributed by atoms with Crippen LogP contribution in [0.5, 0.6) is 17.2 Å². The SMILES string of the molecule is O=C(C(=O)[C@H](O)[C@@H](O)[C@H](O)[C@H](O)CO)c1cc(O)c(O)c(O)c1.